The third-order valence-electron chi connectivity index (χ3n) is 3.47. The molecule has 102 valence electrons. The Morgan fingerprint density at radius 3 is 3.05 bits per heavy atom. The van der Waals surface area contributed by atoms with Gasteiger partial charge < -0.3 is 10.3 Å². The molecule has 0 spiro atoms. The molecule has 1 amide bonds. The highest BCUT2D eigenvalue weighted by atomic mass is 79.9. The lowest BCUT2D eigenvalue weighted by Crippen LogP contribution is -2.22. The summed E-state index contributed by atoms with van der Waals surface area (Å²) in [5.41, 5.74) is 6.95. The Morgan fingerprint density at radius 2 is 2.30 bits per heavy atom. The Labute approximate surface area is 123 Å². The highest BCUT2D eigenvalue weighted by molar-refractivity contribution is 9.10. The van der Waals surface area contributed by atoms with E-state index in [1.54, 1.807) is 17.0 Å². The number of nitrogens with two attached hydrogens (primary N) is 1. The molecule has 1 atom stereocenters. The van der Waals surface area contributed by atoms with Crippen molar-refractivity contribution < 1.29 is 9.59 Å². The second kappa shape index (κ2) is 4.86. The first-order chi connectivity index (χ1) is 9.56. The fourth-order valence-electron chi connectivity index (χ4n) is 2.60. The molecule has 1 heterocycles. The monoisotopic (exact) mass is 333 g/mol. The van der Waals surface area contributed by atoms with Gasteiger partial charge in [-0.15, -0.1) is 0 Å². The van der Waals surface area contributed by atoms with Crippen LogP contribution < -0.4 is 5.73 Å². The van der Waals surface area contributed by atoms with Crippen molar-refractivity contribution in [3.05, 3.63) is 52.0 Å². The molecule has 6 heteroatoms. The molecule has 1 aromatic carbocycles. The summed E-state index contributed by atoms with van der Waals surface area (Å²) in [5, 5.41) is 0. The molecular weight excluding hydrogens is 322 g/mol. The van der Waals surface area contributed by atoms with Crippen molar-refractivity contribution in [3.8, 4) is 0 Å². The van der Waals surface area contributed by atoms with Gasteiger partial charge in [0.1, 0.15) is 11.9 Å². The quantitative estimate of drug-likeness (QED) is 0.927. The Balaban J connectivity index is 1.96. The molecule has 0 fully saturated rings. The Hall–Kier alpha value is -1.95. The van der Waals surface area contributed by atoms with Gasteiger partial charge in [0, 0.05) is 28.9 Å². The second-order valence-corrected chi connectivity index (χ2v) is 5.70. The molecule has 0 aliphatic heterocycles. The molecule has 0 bridgehead atoms. The zero-order valence-electron chi connectivity index (χ0n) is 10.5. The van der Waals surface area contributed by atoms with Crippen LogP contribution in [0.15, 0.2) is 35.1 Å². The third kappa shape index (κ3) is 2.16. The van der Waals surface area contributed by atoms with Gasteiger partial charge in [-0.05, 0) is 23.8 Å². The molecule has 0 saturated heterocycles. The number of Topliss-reactive ketones (excluding diaryl/α,β-unsaturated/α-hetero) is 1. The van der Waals surface area contributed by atoms with Gasteiger partial charge >= 0.3 is 0 Å². The lowest BCUT2D eigenvalue weighted by atomic mass is 10.1. The third-order valence-corrected chi connectivity index (χ3v) is 3.96. The van der Waals surface area contributed by atoms with E-state index in [2.05, 4.69) is 20.9 Å². The van der Waals surface area contributed by atoms with Gasteiger partial charge in [0.05, 0.1) is 6.42 Å². The van der Waals surface area contributed by atoms with Crippen molar-refractivity contribution in [1.29, 1.82) is 0 Å². The molecule has 1 unspecified atom stereocenters. The summed E-state index contributed by atoms with van der Waals surface area (Å²) in [7, 11) is 0. The molecular formula is C14H12BrN3O2. The van der Waals surface area contributed by atoms with Crippen LogP contribution in [0.5, 0.6) is 0 Å². The number of halogens is 1. The highest BCUT2D eigenvalue weighted by Crippen LogP contribution is 2.32. The van der Waals surface area contributed by atoms with Crippen LogP contribution in [-0.4, -0.2) is 21.2 Å². The number of carbonyl (C=O) groups excluding carboxylic acids is 2. The first-order valence-electron chi connectivity index (χ1n) is 6.19. The maximum absolute atomic E-state index is 12.5. The maximum atomic E-state index is 12.5. The first kappa shape index (κ1) is 13.1. The van der Waals surface area contributed by atoms with E-state index in [0.717, 1.165) is 15.6 Å². The number of rotatable bonds is 3. The lowest BCUT2D eigenvalue weighted by Gasteiger charge is -2.13. The predicted octanol–water partition coefficient (Wildman–Crippen LogP) is 1.65. The van der Waals surface area contributed by atoms with E-state index in [4.69, 9.17) is 5.73 Å². The number of hydrogen-bond donors (Lipinski definition) is 1. The zero-order chi connectivity index (χ0) is 14.3. The van der Waals surface area contributed by atoms with E-state index in [9.17, 15) is 9.59 Å². The Kier molecular flexibility index (Phi) is 3.17. The number of aromatic nitrogens is 2. The van der Waals surface area contributed by atoms with Gasteiger partial charge in [0.25, 0.3) is 0 Å². The van der Waals surface area contributed by atoms with Crippen molar-refractivity contribution in [2.24, 2.45) is 5.73 Å². The van der Waals surface area contributed by atoms with Crippen molar-refractivity contribution in [1.82, 2.24) is 9.55 Å². The van der Waals surface area contributed by atoms with Gasteiger partial charge in [0.2, 0.25) is 5.91 Å². The number of ketones is 1. The van der Waals surface area contributed by atoms with E-state index < -0.39 is 5.91 Å². The number of carbonyl (C=O) groups is 2. The number of imidazole rings is 1. The van der Waals surface area contributed by atoms with Crippen LogP contribution in [0.2, 0.25) is 0 Å². The van der Waals surface area contributed by atoms with E-state index in [1.807, 2.05) is 18.2 Å². The summed E-state index contributed by atoms with van der Waals surface area (Å²) >= 11 is 3.41. The topological polar surface area (TPSA) is 78.0 Å². The second-order valence-electron chi connectivity index (χ2n) is 4.78. The van der Waals surface area contributed by atoms with Gasteiger partial charge in [-0.3, -0.25) is 9.59 Å². The fourth-order valence-corrected chi connectivity index (χ4v) is 3.01. The van der Waals surface area contributed by atoms with Gasteiger partial charge in [-0.2, -0.15) is 0 Å². The van der Waals surface area contributed by atoms with Crippen LogP contribution in [-0.2, 0) is 17.6 Å². The lowest BCUT2D eigenvalue weighted by molar-refractivity contribution is -0.117. The SMILES string of the molecule is NC(=O)Cc1nccn1C1Cc2cc(Br)ccc2C1=O. The van der Waals surface area contributed by atoms with Crippen LogP contribution in [0, 0.1) is 0 Å². The number of primary amides is 1. The van der Waals surface area contributed by atoms with E-state index in [0.29, 0.717) is 12.2 Å². The van der Waals surface area contributed by atoms with Gasteiger partial charge in [-0.25, -0.2) is 4.98 Å². The normalized spacial score (nSPS) is 17.2. The average molecular weight is 334 g/mol. The molecule has 5 nitrogen and oxygen atoms in total. The van der Waals surface area contributed by atoms with E-state index >= 15 is 0 Å². The first-order valence-corrected chi connectivity index (χ1v) is 6.98. The molecule has 20 heavy (non-hydrogen) atoms. The van der Waals surface area contributed by atoms with E-state index in [1.165, 1.54) is 0 Å². The molecule has 2 N–H and O–H groups in total. The number of amides is 1. The van der Waals surface area contributed by atoms with Crippen molar-refractivity contribution >= 4 is 27.6 Å². The zero-order valence-corrected chi connectivity index (χ0v) is 12.1. The molecule has 1 aliphatic rings. The number of benzene rings is 1. The van der Waals surface area contributed by atoms with Gasteiger partial charge in [0.15, 0.2) is 5.78 Å². The molecule has 2 aromatic rings. The molecule has 1 aromatic heterocycles. The van der Waals surface area contributed by atoms with Crippen molar-refractivity contribution in [2.75, 3.05) is 0 Å². The van der Waals surface area contributed by atoms with Crippen LogP contribution >= 0.6 is 15.9 Å². The summed E-state index contributed by atoms with van der Waals surface area (Å²) in [6, 6.07) is 5.30. The number of fused-ring (bicyclic) bond motifs is 1. The minimum absolute atomic E-state index is 0.0385. The largest absolute Gasteiger partial charge is 0.369 e. The van der Waals surface area contributed by atoms with Crippen LogP contribution in [0.25, 0.3) is 0 Å². The average Bonchev–Trinajstić information content (AvgIpc) is 2.93. The minimum atomic E-state index is -0.455. The highest BCUT2D eigenvalue weighted by Gasteiger charge is 2.32. The summed E-state index contributed by atoms with van der Waals surface area (Å²) in [6.45, 7) is 0. The standard InChI is InChI=1S/C14H12BrN3O2/c15-9-1-2-10-8(5-9)6-11(14(10)20)18-4-3-17-13(18)7-12(16)19/h1-5,11H,6-7H2,(H2,16,19). The van der Waals surface area contributed by atoms with Crippen LogP contribution in [0.1, 0.15) is 27.8 Å². The number of nitrogens with zero attached hydrogens (tertiary/aromatic N) is 2. The smallest absolute Gasteiger partial charge is 0.225 e. The van der Waals surface area contributed by atoms with E-state index in [-0.39, 0.29) is 18.2 Å². The van der Waals surface area contributed by atoms with Gasteiger partial charge in [-0.1, -0.05) is 15.9 Å². The Bertz CT molecular complexity index is 708. The van der Waals surface area contributed by atoms with Crippen LogP contribution in [0.4, 0.5) is 0 Å². The maximum Gasteiger partial charge on any atom is 0.225 e. The van der Waals surface area contributed by atoms with Crippen molar-refractivity contribution in [2.45, 2.75) is 18.9 Å². The minimum Gasteiger partial charge on any atom is -0.369 e. The van der Waals surface area contributed by atoms with Crippen molar-refractivity contribution in [3.63, 3.8) is 0 Å². The summed E-state index contributed by atoms with van der Waals surface area (Å²) < 4.78 is 2.70. The molecule has 3 rings (SSSR count). The number of hydrogen-bond acceptors (Lipinski definition) is 3. The Morgan fingerprint density at radius 1 is 1.50 bits per heavy atom. The summed E-state index contributed by atoms with van der Waals surface area (Å²) in [5.74, 6) is 0.127. The summed E-state index contributed by atoms with van der Waals surface area (Å²) in [4.78, 5) is 27.6. The van der Waals surface area contributed by atoms with Crippen LogP contribution in [0.3, 0.4) is 0 Å². The summed E-state index contributed by atoms with van der Waals surface area (Å²) in [6.07, 6.45) is 3.96. The molecule has 0 radical (unpaired) electrons. The molecule has 0 saturated carbocycles. The fraction of sp³-hybridized carbons (Fsp3) is 0.214. The predicted molar refractivity (Wildman–Crippen MR) is 76.3 cm³/mol. The molecule has 1 aliphatic carbocycles.